The van der Waals surface area contributed by atoms with Gasteiger partial charge in [0.2, 0.25) is 15.9 Å². The van der Waals surface area contributed by atoms with Gasteiger partial charge in [-0.3, -0.25) is 4.79 Å². The summed E-state index contributed by atoms with van der Waals surface area (Å²) >= 11 is 0. The molecule has 1 saturated carbocycles. The molecule has 2 fully saturated rings. The topological polar surface area (TPSA) is 69.7 Å². The van der Waals surface area contributed by atoms with Crippen molar-refractivity contribution in [3.63, 3.8) is 0 Å². The number of fused-ring (bicyclic) bond motifs is 1. The van der Waals surface area contributed by atoms with E-state index in [0.717, 1.165) is 69.4 Å². The molecule has 1 amide bonds. The van der Waals surface area contributed by atoms with E-state index in [1.54, 1.807) is 6.07 Å². The molecule has 7 heteroatoms. The van der Waals surface area contributed by atoms with E-state index >= 15 is 0 Å². The minimum atomic E-state index is -3.56. The fourth-order valence-corrected chi connectivity index (χ4v) is 6.71. The fourth-order valence-electron chi connectivity index (χ4n) is 5.38. The second-order valence-corrected chi connectivity index (χ2v) is 11.9. The predicted octanol–water partition coefficient (Wildman–Crippen LogP) is 3.80. The van der Waals surface area contributed by atoms with Gasteiger partial charge in [-0.1, -0.05) is 46.0 Å². The Morgan fingerprint density at radius 2 is 1.68 bits per heavy atom. The normalized spacial score (nSPS) is 22.3. The van der Waals surface area contributed by atoms with Crippen molar-refractivity contribution in [3.05, 3.63) is 23.8 Å². The molecule has 31 heavy (non-hydrogen) atoms. The summed E-state index contributed by atoms with van der Waals surface area (Å²) in [6.45, 7) is 7.06. The first-order valence-electron chi connectivity index (χ1n) is 12.0. The van der Waals surface area contributed by atoms with Crippen molar-refractivity contribution in [1.82, 2.24) is 9.62 Å². The number of nitrogens with zero attached hydrogens (tertiary/aromatic N) is 2. The van der Waals surface area contributed by atoms with E-state index in [1.807, 2.05) is 17.0 Å². The van der Waals surface area contributed by atoms with Crippen molar-refractivity contribution in [1.29, 1.82) is 0 Å². The number of likely N-dealkylation sites (tertiary alicyclic amines) is 1. The number of hydrogen-bond acceptors (Lipinski definition) is 4. The van der Waals surface area contributed by atoms with Crippen LogP contribution >= 0.6 is 0 Å². The zero-order chi connectivity index (χ0) is 22.1. The largest absolute Gasteiger partial charge is 0.361 e. The van der Waals surface area contributed by atoms with E-state index in [0.29, 0.717) is 11.4 Å². The molecule has 0 atom stereocenters. The first-order valence-corrected chi connectivity index (χ1v) is 13.4. The van der Waals surface area contributed by atoms with Gasteiger partial charge in [-0.25, -0.2) is 13.1 Å². The maximum Gasteiger partial charge on any atom is 0.242 e. The molecule has 172 valence electrons. The first kappa shape index (κ1) is 22.6. The van der Waals surface area contributed by atoms with Crippen LogP contribution in [0.5, 0.6) is 0 Å². The summed E-state index contributed by atoms with van der Waals surface area (Å²) in [5.41, 5.74) is 1.80. The van der Waals surface area contributed by atoms with Crippen molar-refractivity contribution in [3.8, 4) is 0 Å². The Morgan fingerprint density at radius 1 is 1.03 bits per heavy atom. The van der Waals surface area contributed by atoms with Crippen LogP contribution in [-0.4, -0.2) is 51.4 Å². The molecule has 6 nitrogen and oxygen atoms in total. The van der Waals surface area contributed by atoms with Crippen LogP contribution in [0.4, 0.5) is 5.69 Å². The summed E-state index contributed by atoms with van der Waals surface area (Å²) in [7, 11) is -3.56. The molecule has 0 bridgehead atoms. The Bertz CT molecular complexity index is 899. The van der Waals surface area contributed by atoms with Crippen molar-refractivity contribution in [2.45, 2.75) is 88.0 Å². The molecule has 1 saturated heterocycles. The summed E-state index contributed by atoms with van der Waals surface area (Å²) in [5, 5.41) is 0. The van der Waals surface area contributed by atoms with E-state index in [4.69, 9.17) is 0 Å². The number of sulfonamides is 1. The fraction of sp³-hybridized carbons (Fsp3) is 0.708. The highest BCUT2D eigenvalue weighted by molar-refractivity contribution is 7.89. The summed E-state index contributed by atoms with van der Waals surface area (Å²) in [6.07, 6.45) is 9.83. The van der Waals surface area contributed by atoms with Crippen LogP contribution in [0.3, 0.4) is 0 Å². The summed E-state index contributed by atoms with van der Waals surface area (Å²) < 4.78 is 29.3. The lowest BCUT2D eigenvalue weighted by atomic mass is 9.87. The summed E-state index contributed by atoms with van der Waals surface area (Å²) in [5.74, 6) is 0.170. The second-order valence-electron chi connectivity index (χ2n) is 10.2. The monoisotopic (exact) mass is 447 g/mol. The molecule has 0 aromatic heterocycles. The number of carbonyl (C=O) groups is 1. The lowest BCUT2D eigenvalue weighted by Gasteiger charge is -2.24. The highest BCUT2D eigenvalue weighted by Gasteiger charge is 2.37. The number of carbonyl (C=O) groups excluding carboxylic acids is 1. The molecule has 0 spiro atoms. The van der Waals surface area contributed by atoms with Gasteiger partial charge in [-0.15, -0.1) is 0 Å². The molecule has 1 aromatic rings. The lowest BCUT2D eigenvalue weighted by molar-refractivity contribution is -0.128. The van der Waals surface area contributed by atoms with Gasteiger partial charge in [0.15, 0.2) is 0 Å². The van der Waals surface area contributed by atoms with Crippen LogP contribution in [0.15, 0.2) is 23.1 Å². The second kappa shape index (κ2) is 9.10. The van der Waals surface area contributed by atoms with Crippen LogP contribution in [-0.2, 0) is 20.2 Å². The third kappa shape index (κ3) is 5.08. The van der Waals surface area contributed by atoms with Crippen molar-refractivity contribution in [2.75, 3.05) is 31.1 Å². The van der Waals surface area contributed by atoms with Gasteiger partial charge in [-0.05, 0) is 49.4 Å². The van der Waals surface area contributed by atoms with Gasteiger partial charge in [0.05, 0.1) is 11.4 Å². The van der Waals surface area contributed by atoms with Crippen LogP contribution in [0.2, 0.25) is 0 Å². The molecule has 2 aliphatic heterocycles. The Hall–Kier alpha value is -1.60. The number of anilines is 1. The molecule has 3 aliphatic rings. The molecular weight excluding hydrogens is 410 g/mol. The molecule has 2 heterocycles. The van der Waals surface area contributed by atoms with E-state index in [-0.39, 0.29) is 17.4 Å². The highest BCUT2D eigenvalue weighted by Crippen LogP contribution is 2.41. The lowest BCUT2D eigenvalue weighted by Crippen LogP contribution is -2.40. The number of rotatable bonds is 5. The predicted molar refractivity (Wildman–Crippen MR) is 124 cm³/mol. The van der Waals surface area contributed by atoms with E-state index in [2.05, 4.69) is 23.5 Å². The van der Waals surface area contributed by atoms with Gasteiger partial charge in [0.25, 0.3) is 0 Å². The van der Waals surface area contributed by atoms with Gasteiger partial charge < -0.3 is 9.80 Å². The molecule has 4 rings (SSSR count). The number of benzene rings is 1. The summed E-state index contributed by atoms with van der Waals surface area (Å²) in [4.78, 5) is 17.1. The first-order chi connectivity index (χ1) is 14.8. The maximum atomic E-state index is 13.2. The summed E-state index contributed by atoms with van der Waals surface area (Å²) in [6, 6.07) is 5.47. The Morgan fingerprint density at radius 3 is 2.35 bits per heavy atom. The maximum absolute atomic E-state index is 13.2. The Labute approximate surface area is 187 Å². The van der Waals surface area contributed by atoms with Crippen LogP contribution in [0, 0.1) is 0 Å². The minimum Gasteiger partial charge on any atom is -0.361 e. The minimum absolute atomic E-state index is 0.0288. The quantitative estimate of drug-likeness (QED) is 0.745. The zero-order valence-electron chi connectivity index (χ0n) is 19.0. The van der Waals surface area contributed by atoms with Gasteiger partial charge >= 0.3 is 0 Å². The van der Waals surface area contributed by atoms with Gasteiger partial charge in [-0.2, -0.15) is 0 Å². The molecule has 1 N–H and O–H groups in total. The molecule has 0 radical (unpaired) electrons. The average Bonchev–Trinajstić information content (AvgIpc) is 3.31. The van der Waals surface area contributed by atoms with Crippen molar-refractivity contribution < 1.29 is 13.2 Å². The standard InChI is InChI=1S/C24H37N3O3S/c1-24(2)18-27(17-23(28)26-14-8-9-15-26)22-13-12-20(16-21(22)24)31(29,30)25-19-10-6-4-3-5-7-11-19/h12-13,16,19,25H,3-11,14-15,17-18H2,1-2H3. The number of hydrogen-bond donors (Lipinski definition) is 1. The van der Waals surface area contributed by atoms with Crippen LogP contribution < -0.4 is 9.62 Å². The van der Waals surface area contributed by atoms with E-state index in [9.17, 15) is 13.2 Å². The van der Waals surface area contributed by atoms with E-state index < -0.39 is 10.0 Å². The number of amides is 1. The highest BCUT2D eigenvalue weighted by atomic mass is 32.2. The third-order valence-corrected chi connectivity index (χ3v) is 8.66. The van der Waals surface area contributed by atoms with Crippen LogP contribution in [0.25, 0.3) is 0 Å². The van der Waals surface area contributed by atoms with Crippen molar-refractivity contribution in [2.24, 2.45) is 0 Å². The Kier molecular flexibility index (Phi) is 6.63. The molecule has 1 aromatic carbocycles. The zero-order valence-corrected chi connectivity index (χ0v) is 19.8. The Balaban J connectivity index is 1.51. The molecular formula is C24H37N3O3S. The smallest absolute Gasteiger partial charge is 0.242 e. The van der Waals surface area contributed by atoms with E-state index in [1.165, 1.54) is 19.3 Å². The van der Waals surface area contributed by atoms with Crippen LogP contribution in [0.1, 0.15) is 77.2 Å². The third-order valence-electron chi connectivity index (χ3n) is 7.15. The molecule has 1 aliphatic carbocycles. The average molecular weight is 448 g/mol. The van der Waals surface area contributed by atoms with Gasteiger partial charge in [0.1, 0.15) is 0 Å². The van der Waals surface area contributed by atoms with Gasteiger partial charge in [0, 0.05) is 36.8 Å². The SMILES string of the molecule is CC1(C)CN(CC(=O)N2CCCC2)c2ccc(S(=O)(=O)NC3CCCCCCC3)cc21. The number of nitrogens with one attached hydrogen (secondary N) is 1. The molecule has 0 unspecified atom stereocenters. The van der Waals surface area contributed by atoms with Crippen molar-refractivity contribution >= 4 is 21.6 Å².